The highest BCUT2D eigenvalue weighted by Gasteiger charge is 2.38. The molecule has 15 heteroatoms. The third kappa shape index (κ3) is 5.29. The zero-order valence-electron chi connectivity index (χ0n) is 21.1. The Morgan fingerprint density at radius 1 is 1.02 bits per heavy atom. The monoisotopic (exact) mass is 606 g/mol. The Morgan fingerprint density at radius 2 is 1.71 bits per heavy atom. The topological polar surface area (TPSA) is 91.6 Å². The highest BCUT2D eigenvalue weighted by molar-refractivity contribution is 6.33. The second-order valence-electron chi connectivity index (χ2n) is 9.62. The van der Waals surface area contributed by atoms with E-state index in [0.717, 1.165) is 17.5 Å². The molecule has 0 atom stereocenters. The van der Waals surface area contributed by atoms with Crippen molar-refractivity contribution in [3.63, 3.8) is 0 Å². The van der Waals surface area contributed by atoms with Crippen molar-refractivity contribution < 1.29 is 35.6 Å². The predicted molar refractivity (Wildman–Crippen MR) is 135 cm³/mol. The minimum Gasteiger partial charge on any atom is -0.436 e. The molecule has 5 aromatic rings. The molecule has 0 saturated heterocycles. The summed E-state index contributed by atoms with van der Waals surface area (Å²) in [6.07, 6.45) is -4.35. The molecule has 216 valence electrons. The van der Waals surface area contributed by atoms with E-state index in [-0.39, 0.29) is 40.5 Å². The fourth-order valence-corrected chi connectivity index (χ4v) is 4.65. The van der Waals surface area contributed by atoms with Crippen LogP contribution in [0.15, 0.2) is 65.6 Å². The molecule has 0 aliphatic heterocycles. The third-order valence-corrected chi connectivity index (χ3v) is 6.89. The van der Waals surface area contributed by atoms with Crippen LogP contribution in [0, 0.1) is 0 Å². The number of halogens is 7. The first kappa shape index (κ1) is 27.7. The van der Waals surface area contributed by atoms with E-state index in [1.165, 1.54) is 23.3 Å². The fraction of sp³-hybridized carbons (Fsp3) is 0.222. The molecule has 2 aromatic carbocycles. The van der Waals surface area contributed by atoms with Gasteiger partial charge in [-0.2, -0.15) is 26.3 Å². The van der Waals surface area contributed by atoms with Crippen molar-refractivity contribution in [2.24, 2.45) is 0 Å². The van der Waals surface area contributed by atoms with Crippen molar-refractivity contribution >= 4 is 17.4 Å². The zero-order valence-corrected chi connectivity index (χ0v) is 21.9. The molecule has 1 aliphatic carbocycles. The van der Waals surface area contributed by atoms with Gasteiger partial charge in [0.1, 0.15) is 12.0 Å². The van der Waals surface area contributed by atoms with Gasteiger partial charge in [0.15, 0.2) is 17.4 Å². The minimum absolute atomic E-state index is 0.0281. The van der Waals surface area contributed by atoms with Crippen LogP contribution in [0.3, 0.4) is 0 Å². The van der Waals surface area contributed by atoms with Crippen molar-refractivity contribution in [3.05, 3.63) is 100 Å². The van der Waals surface area contributed by atoms with Crippen molar-refractivity contribution in [1.29, 1.82) is 0 Å². The van der Waals surface area contributed by atoms with Gasteiger partial charge in [-0.25, -0.2) is 14.6 Å². The van der Waals surface area contributed by atoms with Crippen LogP contribution in [0.1, 0.15) is 57.6 Å². The second-order valence-corrected chi connectivity index (χ2v) is 10.0. The van der Waals surface area contributed by atoms with Crippen LogP contribution in [-0.2, 0) is 18.9 Å². The second kappa shape index (κ2) is 10.1. The molecule has 0 radical (unpaired) electrons. The Labute approximate surface area is 237 Å². The Balaban J connectivity index is 1.46. The van der Waals surface area contributed by atoms with Crippen LogP contribution in [0.25, 0.3) is 17.1 Å². The Bertz CT molecular complexity index is 1760. The summed E-state index contributed by atoms with van der Waals surface area (Å²) in [7, 11) is 0. The van der Waals surface area contributed by atoms with Gasteiger partial charge in [0.2, 0.25) is 5.76 Å². The van der Waals surface area contributed by atoms with E-state index in [1.807, 2.05) is 0 Å². The summed E-state index contributed by atoms with van der Waals surface area (Å²) in [6.45, 7) is -0.581. The first-order valence-electron chi connectivity index (χ1n) is 12.4. The van der Waals surface area contributed by atoms with Gasteiger partial charge in [0, 0.05) is 23.9 Å². The molecule has 8 nitrogen and oxygen atoms in total. The van der Waals surface area contributed by atoms with Crippen molar-refractivity contribution in [2.75, 3.05) is 0 Å². The average Bonchev–Trinajstić information content (AvgIpc) is 3.30. The SMILES string of the molecule is O=C(c1nnn(Cc2cc(C(F)(F)F)cc(C(F)(F)F)c2)c1-n1ccnc1)c1oc(C2CC2)nc1-c1ccccc1Cl. The van der Waals surface area contributed by atoms with Gasteiger partial charge in [-0.1, -0.05) is 35.0 Å². The van der Waals surface area contributed by atoms with Gasteiger partial charge < -0.3 is 4.42 Å². The van der Waals surface area contributed by atoms with Crippen LogP contribution in [0.5, 0.6) is 0 Å². The molecule has 1 saturated carbocycles. The number of hydrogen-bond donors (Lipinski definition) is 0. The number of nitrogens with zero attached hydrogens (tertiary/aromatic N) is 6. The molecule has 0 N–H and O–H groups in total. The summed E-state index contributed by atoms with van der Waals surface area (Å²) >= 11 is 6.38. The van der Waals surface area contributed by atoms with Crippen molar-refractivity contribution in [3.8, 4) is 17.1 Å². The van der Waals surface area contributed by atoms with Gasteiger partial charge in [-0.3, -0.25) is 9.36 Å². The number of alkyl halides is 6. The summed E-state index contributed by atoms with van der Waals surface area (Å²) in [5, 5.41) is 8.19. The highest BCUT2D eigenvalue weighted by Crippen LogP contribution is 2.43. The minimum atomic E-state index is -5.03. The van der Waals surface area contributed by atoms with Crippen LogP contribution >= 0.6 is 11.6 Å². The van der Waals surface area contributed by atoms with E-state index in [4.69, 9.17) is 16.0 Å². The van der Waals surface area contributed by atoms with Crippen LogP contribution in [-0.4, -0.2) is 35.3 Å². The smallest absolute Gasteiger partial charge is 0.416 e. The van der Waals surface area contributed by atoms with Crippen LogP contribution < -0.4 is 0 Å². The maximum Gasteiger partial charge on any atom is 0.416 e. The molecule has 0 spiro atoms. The fourth-order valence-electron chi connectivity index (χ4n) is 4.42. The largest absolute Gasteiger partial charge is 0.436 e. The zero-order chi connectivity index (χ0) is 29.8. The van der Waals surface area contributed by atoms with Crippen LogP contribution in [0.4, 0.5) is 26.3 Å². The molecule has 1 fully saturated rings. The number of aromatic nitrogens is 6. The maximum absolute atomic E-state index is 13.9. The molecule has 0 unspecified atom stereocenters. The normalized spacial score (nSPS) is 14.0. The Kier molecular flexibility index (Phi) is 6.67. The van der Waals surface area contributed by atoms with Gasteiger partial charge in [0.25, 0.3) is 5.78 Å². The molecular formula is C27H17ClF6N6O2. The lowest BCUT2D eigenvalue weighted by molar-refractivity contribution is -0.143. The van der Waals surface area contributed by atoms with Crippen molar-refractivity contribution in [1.82, 2.24) is 29.5 Å². The number of ketones is 1. The molecule has 42 heavy (non-hydrogen) atoms. The maximum atomic E-state index is 13.9. The molecule has 3 aromatic heterocycles. The molecule has 0 bridgehead atoms. The lowest BCUT2D eigenvalue weighted by atomic mass is 10.0. The number of imidazole rings is 1. The van der Waals surface area contributed by atoms with Gasteiger partial charge >= 0.3 is 12.4 Å². The molecule has 1 aliphatic rings. The average molecular weight is 607 g/mol. The lowest BCUT2D eigenvalue weighted by Gasteiger charge is -2.15. The van der Waals surface area contributed by atoms with E-state index < -0.39 is 35.8 Å². The summed E-state index contributed by atoms with van der Waals surface area (Å²) in [6, 6.07) is 7.90. The van der Waals surface area contributed by atoms with Gasteiger partial charge in [-0.15, -0.1) is 5.10 Å². The summed E-state index contributed by atoms with van der Waals surface area (Å²) in [5.41, 5.74) is -3.01. The lowest BCUT2D eigenvalue weighted by Crippen LogP contribution is -2.15. The number of carbonyl (C=O) groups excluding carboxylic acids is 1. The molecular weight excluding hydrogens is 590 g/mol. The van der Waals surface area contributed by atoms with Crippen LogP contribution in [0.2, 0.25) is 5.02 Å². The number of oxazole rings is 1. The number of benzene rings is 2. The predicted octanol–water partition coefficient (Wildman–Crippen LogP) is 6.97. The van der Waals surface area contributed by atoms with E-state index in [9.17, 15) is 31.1 Å². The van der Waals surface area contributed by atoms with Gasteiger partial charge in [-0.05, 0) is 42.7 Å². The van der Waals surface area contributed by atoms with E-state index >= 15 is 0 Å². The van der Waals surface area contributed by atoms with E-state index in [1.54, 1.807) is 24.3 Å². The standard InChI is InChI=1S/C27H17ClF6N6O2/c28-19-4-2-1-3-18(19)20-23(42-24(36-20)15-5-6-15)22(41)21-25(39-8-7-35-13-39)40(38-37-21)12-14-9-16(26(29,30)31)11-17(10-14)27(32,33)34/h1-4,7-11,13,15H,5-6,12H2. The third-order valence-electron chi connectivity index (χ3n) is 6.56. The first-order valence-corrected chi connectivity index (χ1v) is 12.8. The molecule has 6 rings (SSSR count). The van der Waals surface area contributed by atoms with Crippen molar-refractivity contribution in [2.45, 2.75) is 37.7 Å². The van der Waals surface area contributed by atoms with E-state index in [0.29, 0.717) is 28.6 Å². The number of carbonyl (C=O) groups is 1. The Morgan fingerprint density at radius 3 is 2.31 bits per heavy atom. The number of hydrogen-bond acceptors (Lipinski definition) is 6. The number of rotatable bonds is 7. The summed E-state index contributed by atoms with van der Waals surface area (Å²) in [4.78, 5) is 22.4. The molecule has 0 amide bonds. The van der Waals surface area contributed by atoms with Gasteiger partial charge in [0.05, 0.1) is 22.7 Å². The first-order chi connectivity index (χ1) is 19.9. The van der Waals surface area contributed by atoms with E-state index in [2.05, 4.69) is 20.3 Å². The quantitative estimate of drug-likeness (QED) is 0.147. The summed E-state index contributed by atoms with van der Waals surface area (Å²) in [5.74, 6) is -0.636. The Hall–Kier alpha value is -4.46. The molecule has 3 heterocycles. The highest BCUT2D eigenvalue weighted by atomic mass is 35.5. The summed E-state index contributed by atoms with van der Waals surface area (Å²) < 4.78 is 89.0.